The van der Waals surface area contributed by atoms with Gasteiger partial charge in [-0.25, -0.2) is 4.39 Å². The Morgan fingerprint density at radius 1 is 1.04 bits per heavy atom. The summed E-state index contributed by atoms with van der Waals surface area (Å²) >= 11 is 0. The quantitative estimate of drug-likeness (QED) is 0.715. The summed E-state index contributed by atoms with van der Waals surface area (Å²) in [5.41, 5.74) is 4.18. The van der Waals surface area contributed by atoms with Crippen LogP contribution in [0.3, 0.4) is 0 Å². The van der Waals surface area contributed by atoms with Crippen molar-refractivity contribution in [3.8, 4) is 16.9 Å². The summed E-state index contributed by atoms with van der Waals surface area (Å²) < 4.78 is 14.8. The number of hydrogen-bond donors (Lipinski definition) is 1. The summed E-state index contributed by atoms with van der Waals surface area (Å²) in [7, 11) is 0. The highest BCUT2D eigenvalue weighted by Gasteiger charge is 2.37. The predicted molar refractivity (Wildman–Crippen MR) is 98.9 cm³/mol. The van der Waals surface area contributed by atoms with Crippen molar-refractivity contribution in [2.45, 2.75) is 58.3 Å². The Hall–Kier alpha value is -2.16. The number of aromatic hydroxyl groups is 1. The highest BCUT2D eigenvalue weighted by Crippen LogP contribution is 2.48. The SMILES string of the molecule is Cc1cc2c(cc1-c1c(O)ccc(C=O)c1F)C(C)(C)CCC2(C)C. The minimum atomic E-state index is -0.661. The molecular formula is C22H25FO2. The first-order valence-corrected chi connectivity index (χ1v) is 8.71. The van der Waals surface area contributed by atoms with E-state index in [1.165, 1.54) is 23.3 Å². The van der Waals surface area contributed by atoms with Gasteiger partial charge in [0.2, 0.25) is 0 Å². The Morgan fingerprint density at radius 2 is 1.60 bits per heavy atom. The van der Waals surface area contributed by atoms with E-state index in [2.05, 4.69) is 33.8 Å². The second-order valence-electron chi connectivity index (χ2n) is 8.46. The van der Waals surface area contributed by atoms with E-state index >= 15 is 0 Å². The third-order valence-corrected chi connectivity index (χ3v) is 5.74. The zero-order chi connectivity index (χ0) is 18.6. The van der Waals surface area contributed by atoms with Crippen LogP contribution in [0.25, 0.3) is 11.1 Å². The summed E-state index contributed by atoms with van der Waals surface area (Å²) in [6.07, 6.45) is 2.64. The van der Waals surface area contributed by atoms with Crippen molar-refractivity contribution < 1.29 is 14.3 Å². The average molecular weight is 340 g/mol. The van der Waals surface area contributed by atoms with Crippen molar-refractivity contribution in [3.63, 3.8) is 0 Å². The smallest absolute Gasteiger partial charge is 0.153 e. The van der Waals surface area contributed by atoms with Crippen LogP contribution in [0.15, 0.2) is 24.3 Å². The largest absolute Gasteiger partial charge is 0.507 e. The number of halogens is 1. The summed E-state index contributed by atoms with van der Waals surface area (Å²) in [5.74, 6) is -0.801. The number of hydrogen-bond acceptors (Lipinski definition) is 2. The second-order valence-corrected chi connectivity index (χ2v) is 8.46. The van der Waals surface area contributed by atoms with E-state index in [0.29, 0.717) is 11.8 Å². The van der Waals surface area contributed by atoms with Crippen molar-refractivity contribution >= 4 is 6.29 Å². The molecule has 0 radical (unpaired) electrons. The summed E-state index contributed by atoms with van der Waals surface area (Å²) in [6, 6.07) is 6.83. The fourth-order valence-corrected chi connectivity index (χ4v) is 3.92. The topological polar surface area (TPSA) is 37.3 Å². The van der Waals surface area contributed by atoms with Gasteiger partial charge >= 0.3 is 0 Å². The lowest BCUT2D eigenvalue weighted by Crippen LogP contribution is -2.34. The molecule has 3 rings (SSSR count). The molecule has 0 fully saturated rings. The molecule has 0 unspecified atom stereocenters. The number of benzene rings is 2. The first kappa shape index (κ1) is 17.7. The number of phenolic OH excluding ortho intramolecular Hbond substituents is 1. The summed E-state index contributed by atoms with van der Waals surface area (Å²) in [4.78, 5) is 11.1. The van der Waals surface area contributed by atoms with Crippen LogP contribution in [0.2, 0.25) is 0 Å². The lowest BCUT2D eigenvalue weighted by Gasteiger charge is -2.42. The maximum absolute atomic E-state index is 14.8. The van der Waals surface area contributed by atoms with Crippen molar-refractivity contribution in [1.82, 2.24) is 0 Å². The molecule has 25 heavy (non-hydrogen) atoms. The predicted octanol–water partition coefficient (Wildman–Crippen LogP) is 5.67. The van der Waals surface area contributed by atoms with Gasteiger partial charge in [0.15, 0.2) is 6.29 Å². The molecule has 0 aromatic heterocycles. The number of phenols is 1. The van der Waals surface area contributed by atoms with Crippen LogP contribution >= 0.6 is 0 Å². The molecule has 132 valence electrons. The van der Waals surface area contributed by atoms with Crippen LogP contribution in [0.5, 0.6) is 5.75 Å². The van der Waals surface area contributed by atoms with Crippen molar-refractivity contribution in [3.05, 3.63) is 52.3 Å². The average Bonchev–Trinajstić information content (AvgIpc) is 2.53. The van der Waals surface area contributed by atoms with Crippen LogP contribution in [0.1, 0.15) is 67.6 Å². The van der Waals surface area contributed by atoms with Crippen molar-refractivity contribution in [1.29, 1.82) is 0 Å². The molecule has 1 aliphatic rings. The van der Waals surface area contributed by atoms with Gasteiger partial charge in [0.05, 0.1) is 11.1 Å². The van der Waals surface area contributed by atoms with Gasteiger partial charge < -0.3 is 5.11 Å². The Morgan fingerprint density at radius 3 is 2.16 bits per heavy atom. The lowest BCUT2D eigenvalue weighted by atomic mass is 9.62. The molecule has 0 spiro atoms. The highest BCUT2D eigenvalue weighted by atomic mass is 19.1. The first-order chi connectivity index (χ1) is 11.6. The first-order valence-electron chi connectivity index (χ1n) is 8.71. The Labute approximate surface area is 148 Å². The molecule has 2 nitrogen and oxygen atoms in total. The van der Waals surface area contributed by atoms with Gasteiger partial charge in [0, 0.05) is 0 Å². The van der Waals surface area contributed by atoms with Gasteiger partial charge in [-0.05, 0) is 71.0 Å². The third-order valence-electron chi connectivity index (χ3n) is 5.74. The van der Waals surface area contributed by atoms with Crippen LogP contribution in [0, 0.1) is 12.7 Å². The van der Waals surface area contributed by atoms with Gasteiger partial charge in [-0.15, -0.1) is 0 Å². The maximum Gasteiger partial charge on any atom is 0.153 e. The number of fused-ring (bicyclic) bond motifs is 1. The minimum Gasteiger partial charge on any atom is -0.507 e. The normalized spacial score (nSPS) is 17.8. The van der Waals surface area contributed by atoms with Crippen LogP contribution in [0.4, 0.5) is 4.39 Å². The highest BCUT2D eigenvalue weighted by molar-refractivity contribution is 5.83. The Bertz CT molecular complexity index is 863. The van der Waals surface area contributed by atoms with E-state index in [0.717, 1.165) is 18.4 Å². The van der Waals surface area contributed by atoms with E-state index in [9.17, 15) is 14.3 Å². The molecule has 1 N–H and O–H groups in total. The fraction of sp³-hybridized carbons (Fsp3) is 0.409. The molecule has 0 saturated carbocycles. The molecular weight excluding hydrogens is 315 g/mol. The van der Waals surface area contributed by atoms with Crippen LogP contribution in [-0.2, 0) is 10.8 Å². The molecule has 2 aromatic carbocycles. The van der Waals surface area contributed by atoms with E-state index in [1.807, 2.05) is 13.0 Å². The van der Waals surface area contributed by atoms with Crippen LogP contribution in [-0.4, -0.2) is 11.4 Å². The fourth-order valence-electron chi connectivity index (χ4n) is 3.92. The zero-order valence-corrected chi connectivity index (χ0v) is 15.5. The third kappa shape index (κ3) is 2.76. The molecule has 0 heterocycles. The molecule has 1 aliphatic carbocycles. The van der Waals surface area contributed by atoms with E-state index in [4.69, 9.17) is 0 Å². The number of carbonyl (C=O) groups is 1. The van der Waals surface area contributed by atoms with Gasteiger partial charge in [-0.2, -0.15) is 0 Å². The number of aryl methyl sites for hydroxylation is 1. The molecule has 0 aliphatic heterocycles. The molecule has 0 bridgehead atoms. The van der Waals surface area contributed by atoms with Gasteiger partial charge in [-0.1, -0.05) is 33.8 Å². The second kappa shape index (κ2) is 5.69. The standard InChI is InChI=1S/C22H25FO2/c1-13-10-16-17(22(4,5)9-8-21(16,2)3)11-15(13)19-18(25)7-6-14(12-24)20(19)23/h6-7,10-12,25H,8-9H2,1-5H3. The minimum absolute atomic E-state index is 0.0122. The van der Waals surface area contributed by atoms with Gasteiger partial charge in [0.25, 0.3) is 0 Å². The van der Waals surface area contributed by atoms with Gasteiger partial charge in [-0.3, -0.25) is 4.79 Å². The van der Waals surface area contributed by atoms with Gasteiger partial charge in [0.1, 0.15) is 11.6 Å². The summed E-state index contributed by atoms with van der Waals surface area (Å²) in [5, 5.41) is 10.3. The van der Waals surface area contributed by atoms with Crippen molar-refractivity contribution in [2.24, 2.45) is 0 Å². The number of aldehydes is 1. The van der Waals surface area contributed by atoms with E-state index < -0.39 is 5.82 Å². The van der Waals surface area contributed by atoms with E-state index in [1.54, 1.807) is 0 Å². The zero-order valence-electron chi connectivity index (χ0n) is 15.5. The van der Waals surface area contributed by atoms with Crippen LogP contribution < -0.4 is 0 Å². The molecule has 0 atom stereocenters. The monoisotopic (exact) mass is 340 g/mol. The molecule has 3 heteroatoms. The maximum atomic E-state index is 14.8. The number of carbonyl (C=O) groups excluding carboxylic acids is 1. The molecule has 0 amide bonds. The Kier molecular flexibility index (Phi) is 4.02. The van der Waals surface area contributed by atoms with Crippen molar-refractivity contribution in [2.75, 3.05) is 0 Å². The lowest BCUT2D eigenvalue weighted by molar-refractivity contribution is 0.112. The molecule has 2 aromatic rings. The molecule has 0 saturated heterocycles. The Balaban J connectivity index is 2.33. The van der Waals surface area contributed by atoms with E-state index in [-0.39, 0.29) is 27.7 Å². The summed E-state index contributed by atoms with van der Waals surface area (Å²) in [6.45, 7) is 10.8. The number of rotatable bonds is 2.